The van der Waals surface area contributed by atoms with E-state index >= 15 is 0 Å². The Kier molecular flexibility index (Phi) is 23.2. The fourth-order valence-electron chi connectivity index (χ4n) is 2.68. The maximum atomic E-state index is 10.6. The zero-order chi connectivity index (χ0) is 18.1. The van der Waals surface area contributed by atoms with Gasteiger partial charge in [0.2, 0.25) is 10.4 Å². The summed E-state index contributed by atoms with van der Waals surface area (Å²) in [6.07, 6.45) is 15.4. The van der Waals surface area contributed by atoms with Crippen LogP contribution in [0.5, 0.6) is 0 Å². The molecule has 1 atom stereocenters. The molecule has 5 nitrogen and oxygen atoms in total. The van der Waals surface area contributed by atoms with Gasteiger partial charge in [-0.05, 0) is 12.8 Å². The van der Waals surface area contributed by atoms with Crippen molar-refractivity contribution in [3.8, 4) is 0 Å². The van der Waals surface area contributed by atoms with Gasteiger partial charge < -0.3 is 9.29 Å². The summed E-state index contributed by atoms with van der Waals surface area (Å²) in [6.45, 7) is 4.58. The minimum Gasteiger partial charge on any atom is -0.725 e. The molecule has 0 aromatic carbocycles. The average Bonchev–Trinajstić information content (AvgIpc) is 2.50. The van der Waals surface area contributed by atoms with E-state index in [1.807, 2.05) is 6.92 Å². The third kappa shape index (κ3) is 23.4. The van der Waals surface area contributed by atoms with Gasteiger partial charge in [0, 0.05) is 6.61 Å². The van der Waals surface area contributed by atoms with Gasteiger partial charge in [0.1, 0.15) is 0 Å². The van der Waals surface area contributed by atoms with Crippen LogP contribution in [0.4, 0.5) is 0 Å². The van der Waals surface area contributed by atoms with E-state index in [0.29, 0.717) is 19.4 Å². The summed E-state index contributed by atoms with van der Waals surface area (Å²) in [5.74, 6) is 0. The monoisotopic (exact) mass is 404 g/mol. The van der Waals surface area contributed by atoms with E-state index in [9.17, 15) is 13.0 Å². The van der Waals surface area contributed by atoms with Crippen LogP contribution < -0.4 is 51.4 Å². The third-order valence-corrected chi connectivity index (χ3v) is 4.50. The van der Waals surface area contributed by atoms with Crippen LogP contribution in [0.25, 0.3) is 0 Å². The molecule has 0 saturated heterocycles. The van der Waals surface area contributed by atoms with Crippen LogP contribution in [0.3, 0.4) is 0 Å². The molecular formula is C18H37KO5S. The second kappa shape index (κ2) is 20.2. The first-order valence-electron chi connectivity index (χ1n) is 9.75. The molecule has 0 saturated carbocycles. The van der Waals surface area contributed by atoms with Gasteiger partial charge in [-0.15, -0.1) is 0 Å². The van der Waals surface area contributed by atoms with Crippen LogP contribution in [0.15, 0.2) is 0 Å². The Labute approximate surface area is 198 Å². The van der Waals surface area contributed by atoms with E-state index in [1.165, 1.54) is 64.2 Å². The zero-order valence-corrected chi connectivity index (χ0v) is 20.6. The van der Waals surface area contributed by atoms with Crippen molar-refractivity contribution in [1.82, 2.24) is 0 Å². The SMILES string of the molecule is CCCCCCCCCCCCCCOC(CCC)OS(=O)(=O)[O-].[K+]. The van der Waals surface area contributed by atoms with Crippen LogP contribution in [-0.4, -0.2) is 25.9 Å². The Hall–Kier alpha value is 1.47. The summed E-state index contributed by atoms with van der Waals surface area (Å²) < 4.78 is 41.5. The van der Waals surface area contributed by atoms with Crippen LogP contribution in [0, 0.1) is 0 Å². The van der Waals surface area contributed by atoms with Crippen molar-refractivity contribution in [2.24, 2.45) is 0 Å². The molecule has 0 rings (SSSR count). The Morgan fingerprint density at radius 1 is 0.760 bits per heavy atom. The number of ether oxygens (including phenoxy) is 1. The van der Waals surface area contributed by atoms with E-state index in [0.717, 1.165) is 12.8 Å². The first-order chi connectivity index (χ1) is 11.5. The number of hydrogen-bond acceptors (Lipinski definition) is 5. The fourth-order valence-corrected chi connectivity index (χ4v) is 3.10. The molecule has 0 fully saturated rings. The molecule has 0 aliphatic carbocycles. The molecule has 0 radical (unpaired) electrons. The van der Waals surface area contributed by atoms with Crippen LogP contribution in [0.1, 0.15) is 104 Å². The van der Waals surface area contributed by atoms with Crippen molar-refractivity contribution >= 4 is 10.4 Å². The summed E-state index contributed by atoms with van der Waals surface area (Å²) >= 11 is 0. The molecule has 0 bridgehead atoms. The van der Waals surface area contributed by atoms with Crippen molar-refractivity contribution in [3.63, 3.8) is 0 Å². The first kappa shape index (κ1) is 28.7. The standard InChI is InChI=1S/C18H38O5S.K/c1-3-5-6-7-8-9-10-11-12-13-14-15-17-22-18(16-4-2)23-24(19,20)21;/h18H,3-17H2,1-2H3,(H,19,20,21);/q;+1/p-1. The van der Waals surface area contributed by atoms with Gasteiger partial charge in [-0.3, -0.25) is 0 Å². The maximum Gasteiger partial charge on any atom is 1.00 e. The van der Waals surface area contributed by atoms with E-state index in [4.69, 9.17) is 4.74 Å². The Bertz CT molecular complexity index is 362. The van der Waals surface area contributed by atoms with E-state index in [1.54, 1.807) is 0 Å². The number of unbranched alkanes of at least 4 members (excludes halogenated alkanes) is 11. The Morgan fingerprint density at radius 3 is 1.60 bits per heavy atom. The van der Waals surface area contributed by atoms with Crippen LogP contribution in [-0.2, 0) is 19.3 Å². The summed E-state index contributed by atoms with van der Waals surface area (Å²) in [5, 5.41) is 0. The molecule has 0 heterocycles. The van der Waals surface area contributed by atoms with Gasteiger partial charge in [0.05, 0.1) is 0 Å². The maximum absolute atomic E-state index is 10.6. The number of rotatable bonds is 18. The predicted octanol–water partition coefficient (Wildman–Crippen LogP) is 2.31. The summed E-state index contributed by atoms with van der Waals surface area (Å²) in [6, 6.07) is 0. The second-order valence-electron chi connectivity index (χ2n) is 6.48. The molecule has 25 heavy (non-hydrogen) atoms. The van der Waals surface area contributed by atoms with Crippen molar-refractivity contribution < 1.29 is 73.3 Å². The van der Waals surface area contributed by atoms with Gasteiger partial charge in [0.25, 0.3) is 0 Å². The summed E-state index contributed by atoms with van der Waals surface area (Å²) in [7, 11) is -4.69. The normalized spacial score (nSPS) is 12.8. The molecule has 0 aliphatic rings. The molecule has 0 aromatic rings. The van der Waals surface area contributed by atoms with Crippen molar-refractivity contribution in [2.75, 3.05) is 6.61 Å². The fraction of sp³-hybridized carbons (Fsp3) is 1.00. The minimum absolute atomic E-state index is 0. The number of hydrogen-bond donors (Lipinski definition) is 0. The molecule has 0 aromatic heterocycles. The van der Waals surface area contributed by atoms with E-state index in [-0.39, 0.29) is 51.4 Å². The predicted molar refractivity (Wildman–Crippen MR) is 96.5 cm³/mol. The van der Waals surface area contributed by atoms with Crippen LogP contribution in [0.2, 0.25) is 0 Å². The van der Waals surface area contributed by atoms with Gasteiger partial charge in [-0.2, -0.15) is 0 Å². The van der Waals surface area contributed by atoms with E-state index < -0.39 is 16.7 Å². The van der Waals surface area contributed by atoms with Crippen molar-refractivity contribution in [1.29, 1.82) is 0 Å². The van der Waals surface area contributed by atoms with Crippen molar-refractivity contribution in [3.05, 3.63) is 0 Å². The molecule has 1 unspecified atom stereocenters. The Balaban J connectivity index is 0. The van der Waals surface area contributed by atoms with Gasteiger partial charge in [-0.1, -0.05) is 90.9 Å². The van der Waals surface area contributed by atoms with Gasteiger partial charge in [-0.25, -0.2) is 12.6 Å². The molecule has 0 N–H and O–H groups in total. The molecule has 0 amide bonds. The summed E-state index contributed by atoms with van der Waals surface area (Å²) in [5.41, 5.74) is 0. The quantitative estimate of drug-likeness (QED) is 0.115. The largest absolute Gasteiger partial charge is 1.00 e. The Morgan fingerprint density at radius 2 is 1.20 bits per heavy atom. The van der Waals surface area contributed by atoms with Gasteiger partial charge in [0.15, 0.2) is 6.29 Å². The smallest absolute Gasteiger partial charge is 0.725 e. The minimum atomic E-state index is -4.69. The molecule has 0 spiro atoms. The molecule has 0 aliphatic heterocycles. The zero-order valence-electron chi connectivity index (χ0n) is 16.6. The molecule has 7 heteroatoms. The first-order valence-corrected chi connectivity index (χ1v) is 11.1. The molecule has 146 valence electrons. The topological polar surface area (TPSA) is 75.7 Å². The summed E-state index contributed by atoms with van der Waals surface area (Å²) in [4.78, 5) is 0. The van der Waals surface area contributed by atoms with Crippen molar-refractivity contribution in [2.45, 2.75) is 110 Å². The third-order valence-electron chi connectivity index (χ3n) is 4.05. The molecular weight excluding hydrogens is 367 g/mol. The van der Waals surface area contributed by atoms with E-state index in [2.05, 4.69) is 11.1 Å². The average molecular weight is 405 g/mol. The van der Waals surface area contributed by atoms with Crippen LogP contribution >= 0.6 is 0 Å². The second-order valence-corrected chi connectivity index (χ2v) is 7.49. The van der Waals surface area contributed by atoms with Gasteiger partial charge >= 0.3 is 51.4 Å².